The van der Waals surface area contributed by atoms with Crippen molar-refractivity contribution in [1.29, 1.82) is 0 Å². The maximum absolute atomic E-state index is 12.1. The second kappa shape index (κ2) is 5.18. The van der Waals surface area contributed by atoms with E-state index in [0.29, 0.717) is 11.9 Å². The van der Waals surface area contributed by atoms with Crippen molar-refractivity contribution in [2.75, 3.05) is 5.32 Å². The number of anilines is 1. The Morgan fingerprint density at radius 3 is 2.25 bits per heavy atom. The van der Waals surface area contributed by atoms with Crippen LogP contribution in [0, 0.1) is 0 Å². The number of hydrogen-bond acceptors (Lipinski definition) is 2. The minimum absolute atomic E-state index is 0.402. The summed E-state index contributed by atoms with van der Waals surface area (Å²) in [7, 11) is 0. The highest BCUT2D eigenvalue weighted by molar-refractivity contribution is 5.38. The van der Waals surface area contributed by atoms with Gasteiger partial charge in [0.05, 0.1) is 5.56 Å². The van der Waals surface area contributed by atoms with Crippen LogP contribution in [0.1, 0.15) is 32.3 Å². The summed E-state index contributed by atoms with van der Waals surface area (Å²) in [6.07, 6.45) is -1.30. The van der Waals surface area contributed by atoms with Crippen LogP contribution in [-0.4, -0.2) is 11.0 Å². The molecule has 0 unspecified atom stereocenters. The highest BCUT2D eigenvalue weighted by Crippen LogP contribution is 2.29. The van der Waals surface area contributed by atoms with E-state index in [1.165, 1.54) is 6.07 Å². The molecule has 0 aromatic carbocycles. The fourth-order valence-electron chi connectivity index (χ4n) is 1.08. The lowest BCUT2D eigenvalue weighted by Crippen LogP contribution is -2.07. The van der Waals surface area contributed by atoms with E-state index < -0.39 is 11.7 Å². The van der Waals surface area contributed by atoms with E-state index in [9.17, 15) is 13.2 Å². The first-order valence-electron chi connectivity index (χ1n) is 5.35. The molecule has 1 saturated carbocycles. The van der Waals surface area contributed by atoms with Crippen molar-refractivity contribution in [2.45, 2.75) is 38.9 Å². The number of nitrogens with one attached hydrogen (secondary N) is 1. The van der Waals surface area contributed by atoms with Crippen LogP contribution in [0.25, 0.3) is 0 Å². The van der Waals surface area contributed by atoms with Gasteiger partial charge in [0.25, 0.3) is 0 Å². The number of rotatable bonds is 2. The molecule has 0 amide bonds. The zero-order valence-corrected chi connectivity index (χ0v) is 9.30. The fraction of sp³-hybridized carbons (Fsp3) is 0.545. The summed E-state index contributed by atoms with van der Waals surface area (Å²) < 4.78 is 36.4. The van der Waals surface area contributed by atoms with Gasteiger partial charge in [0.1, 0.15) is 5.82 Å². The summed E-state index contributed by atoms with van der Waals surface area (Å²) in [6, 6.07) is 2.80. The smallest absolute Gasteiger partial charge is 0.367 e. The van der Waals surface area contributed by atoms with Gasteiger partial charge >= 0.3 is 6.18 Å². The zero-order chi connectivity index (χ0) is 12.2. The first-order valence-corrected chi connectivity index (χ1v) is 5.35. The van der Waals surface area contributed by atoms with Gasteiger partial charge in [-0.25, -0.2) is 4.98 Å². The van der Waals surface area contributed by atoms with Gasteiger partial charge in [0.15, 0.2) is 0 Å². The summed E-state index contributed by atoms with van der Waals surface area (Å²) >= 11 is 0. The molecule has 1 fully saturated rings. The second-order valence-corrected chi connectivity index (χ2v) is 3.35. The van der Waals surface area contributed by atoms with E-state index in [0.717, 1.165) is 25.1 Å². The van der Waals surface area contributed by atoms with E-state index in [2.05, 4.69) is 10.3 Å². The molecule has 90 valence electrons. The first-order chi connectivity index (χ1) is 7.55. The molecule has 1 N–H and O–H groups in total. The topological polar surface area (TPSA) is 24.9 Å². The monoisotopic (exact) mass is 232 g/mol. The molecule has 0 aliphatic heterocycles. The highest BCUT2D eigenvalue weighted by atomic mass is 19.4. The van der Waals surface area contributed by atoms with Crippen LogP contribution >= 0.6 is 0 Å². The minimum Gasteiger partial charge on any atom is -0.367 e. The Labute approximate surface area is 92.9 Å². The molecule has 0 atom stereocenters. The van der Waals surface area contributed by atoms with Crippen molar-refractivity contribution in [3.63, 3.8) is 0 Å². The van der Waals surface area contributed by atoms with Crippen molar-refractivity contribution in [1.82, 2.24) is 4.98 Å². The normalized spacial score (nSPS) is 15.1. The molecule has 0 saturated heterocycles. The minimum atomic E-state index is -4.30. The van der Waals surface area contributed by atoms with Crippen molar-refractivity contribution in [3.05, 3.63) is 23.9 Å². The van der Waals surface area contributed by atoms with E-state index >= 15 is 0 Å². The Hall–Kier alpha value is -1.26. The molecule has 2 nitrogen and oxygen atoms in total. The van der Waals surface area contributed by atoms with Crippen LogP contribution in [0.5, 0.6) is 0 Å². The summed E-state index contributed by atoms with van der Waals surface area (Å²) in [5.74, 6) is 0.514. The van der Waals surface area contributed by atoms with Gasteiger partial charge in [-0.15, -0.1) is 0 Å². The molecule has 1 aromatic rings. The van der Waals surface area contributed by atoms with Crippen molar-refractivity contribution < 1.29 is 13.2 Å². The summed E-state index contributed by atoms with van der Waals surface area (Å²) in [6.45, 7) is 4.00. The molecule has 0 radical (unpaired) electrons. The standard InChI is InChI=1S/C9H9F3N2.C2H6/c10-9(11,12)6-1-4-8(13-5-6)14-7-2-3-7;1-2/h1,4-5,7H,2-3H2,(H,13,14);1-2H3. The highest BCUT2D eigenvalue weighted by Gasteiger charge is 2.30. The molecule has 2 rings (SSSR count). The van der Waals surface area contributed by atoms with Crippen LogP contribution in [0.2, 0.25) is 0 Å². The average molecular weight is 232 g/mol. The molecule has 16 heavy (non-hydrogen) atoms. The van der Waals surface area contributed by atoms with Crippen molar-refractivity contribution in [3.8, 4) is 0 Å². The lowest BCUT2D eigenvalue weighted by Gasteiger charge is -2.07. The van der Waals surface area contributed by atoms with E-state index in [4.69, 9.17) is 0 Å². The Bertz CT molecular complexity index is 315. The van der Waals surface area contributed by atoms with Gasteiger partial charge in [-0.3, -0.25) is 0 Å². The lowest BCUT2D eigenvalue weighted by atomic mass is 10.3. The van der Waals surface area contributed by atoms with E-state index in [1.54, 1.807) is 0 Å². The molecule has 0 spiro atoms. The van der Waals surface area contributed by atoms with Gasteiger partial charge in [-0.1, -0.05) is 13.8 Å². The number of halogens is 3. The van der Waals surface area contributed by atoms with Crippen molar-refractivity contribution in [2.24, 2.45) is 0 Å². The molecule has 1 aliphatic carbocycles. The molecule has 1 heterocycles. The lowest BCUT2D eigenvalue weighted by molar-refractivity contribution is -0.137. The van der Waals surface area contributed by atoms with E-state index in [-0.39, 0.29) is 0 Å². The van der Waals surface area contributed by atoms with Crippen molar-refractivity contribution >= 4 is 5.82 Å². The van der Waals surface area contributed by atoms with Crippen LogP contribution in [0.15, 0.2) is 18.3 Å². The number of aromatic nitrogens is 1. The number of hydrogen-bond donors (Lipinski definition) is 1. The van der Waals surface area contributed by atoms with Gasteiger partial charge < -0.3 is 5.32 Å². The molecule has 1 aliphatic rings. The predicted octanol–water partition coefficient (Wildman–Crippen LogP) is 3.70. The van der Waals surface area contributed by atoms with Crippen LogP contribution in [0.4, 0.5) is 19.0 Å². The number of pyridine rings is 1. The molecular weight excluding hydrogens is 217 g/mol. The quantitative estimate of drug-likeness (QED) is 0.840. The van der Waals surface area contributed by atoms with Crippen LogP contribution in [0.3, 0.4) is 0 Å². The third-order valence-electron chi connectivity index (χ3n) is 2.02. The molecule has 0 bridgehead atoms. The predicted molar refractivity (Wildman–Crippen MR) is 57.2 cm³/mol. The van der Waals surface area contributed by atoms with Gasteiger partial charge in [0, 0.05) is 12.2 Å². The third-order valence-corrected chi connectivity index (χ3v) is 2.02. The molecular formula is C11H15F3N2. The Kier molecular flexibility index (Phi) is 4.15. The Morgan fingerprint density at radius 1 is 1.25 bits per heavy atom. The maximum Gasteiger partial charge on any atom is 0.417 e. The number of nitrogens with zero attached hydrogens (tertiary/aromatic N) is 1. The summed E-state index contributed by atoms with van der Waals surface area (Å²) in [5.41, 5.74) is -0.709. The molecule has 1 aromatic heterocycles. The van der Waals surface area contributed by atoms with Gasteiger partial charge in [0.2, 0.25) is 0 Å². The summed E-state index contributed by atoms with van der Waals surface area (Å²) in [5, 5.41) is 3.02. The Morgan fingerprint density at radius 2 is 1.88 bits per heavy atom. The van der Waals surface area contributed by atoms with Gasteiger partial charge in [-0.2, -0.15) is 13.2 Å². The first kappa shape index (κ1) is 12.8. The maximum atomic E-state index is 12.1. The SMILES string of the molecule is CC.FC(F)(F)c1ccc(NC2CC2)nc1. The average Bonchev–Trinajstić information content (AvgIpc) is 3.04. The van der Waals surface area contributed by atoms with E-state index in [1.807, 2.05) is 13.8 Å². The number of alkyl halides is 3. The fourth-order valence-corrected chi connectivity index (χ4v) is 1.08. The largest absolute Gasteiger partial charge is 0.417 e. The Balaban J connectivity index is 0.000000606. The summed E-state index contributed by atoms with van der Waals surface area (Å²) in [4.78, 5) is 3.69. The van der Waals surface area contributed by atoms with Gasteiger partial charge in [-0.05, 0) is 25.0 Å². The molecule has 5 heteroatoms. The van der Waals surface area contributed by atoms with Crippen LogP contribution < -0.4 is 5.32 Å². The zero-order valence-electron chi connectivity index (χ0n) is 9.30. The third kappa shape index (κ3) is 3.72. The second-order valence-electron chi connectivity index (χ2n) is 3.35. The van der Waals surface area contributed by atoms with Crippen LogP contribution in [-0.2, 0) is 6.18 Å².